The molecule has 0 fully saturated rings. The third-order valence-electron chi connectivity index (χ3n) is 3.02. The third kappa shape index (κ3) is 4.80. The zero-order valence-corrected chi connectivity index (χ0v) is 12.7. The van der Waals surface area contributed by atoms with Crippen molar-refractivity contribution in [3.8, 4) is 0 Å². The average molecular weight is 309 g/mol. The second kappa shape index (κ2) is 7.65. The molecule has 0 aliphatic heterocycles. The summed E-state index contributed by atoms with van der Waals surface area (Å²) in [6.45, 7) is 3.11. The van der Waals surface area contributed by atoms with Crippen LogP contribution in [0.15, 0.2) is 48.5 Å². The van der Waals surface area contributed by atoms with Crippen molar-refractivity contribution < 1.29 is 0 Å². The molecule has 0 radical (unpaired) electrons. The highest BCUT2D eigenvalue weighted by Crippen LogP contribution is 2.20. The summed E-state index contributed by atoms with van der Waals surface area (Å²) in [6.07, 6.45) is 0. The molecule has 0 aliphatic carbocycles. The average Bonchev–Trinajstić information content (AvgIpc) is 2.39. The fourth-order valence-electron chi connectivity index (χ4n) is 2.20. The summed E-state index contributed by atoms with van der Waals surface area (Å²) in [5, 5.41) is 1.33. The Kier molecular flexibility index (Phi) is 5.86. The van der Waals surface area contributed by atoms with E-state index in [2.05, 4.69) is 17.0 Å². The van der Waals surface area contributed by atoms with E-state index in [1.807, 2.05) is 30.3 Å². The van der Waals surface area contributed by atoms with Crippen molar-refractivity contribution in [3.05, 3.63) is 69.7 Å². The lowest BCUT2D eigenvalue weighted by atomic mass is 10.1. The van der Waals surface area contributed by atoms with E-state index in [-0.39, 0.29) is 0 Å². The molecule has 2 nitrogen and oxygen atoms in total. The number of benzene rings is 2. The number of hydrogen-bond acceptors (Lipinski definition) is 2. The van der Waals surface area contributed by atoms with E-state index in [1.54, 1.807) is 6.07 Å². The van der Waals surface area contributed by atoms with Crippen molar-refractivity contribution in [3.63, 3.8) is 0 Å². The first-order valence-corrected chi connectivity index (χ1v) is 7.34. The third-order valence-corrected chi connectivity index (χ3v) is 3.46. The highest BCUT2D eigenvalue weighted by Gasteiger charge is 2.07. The zero-order valence-electron chi connectivity index (χ0n) is 11.2. The number of nitrogens with zero attached hydrogens (tertiary/aromatic N) is 1. The lowest BCUT2D eigenvalue weighted by Crippen LogP contribution is -2.28. The van der Waals surface area contributed by atoms with Crippen LogP contribution in [0.1, 0.15) is 11.1 Å². The summed E-state index contributed by atoms with van der Waals surface area (Å²) >= 11 is 12.1. The molecular formula is C16H18Cl2N2. The maximum absolute atomic E-state index is 6.04. The fourth-order valence-corrected chi connectivity index (χ4v) is 2.77. The van der Waals surface area contributed by atoms with Crippen molar-refractivity contribution in [2.45, 2.75) is 13.1 Å². The number of rotatable bonds is 6. The van der Waals surface area contributed by atoms with Gasteiger partial charge in [-0.15, -0.1) is 0 Å². The van der Waals surface area contributed by atoms with Gasteiger partial charge < -0.3 is 5.73 Å². The zero-order chi connectivity index (χ0) is 14.4. The Hall–Kier alpha value is -1.06. The summed E-state index contributed by atoms with van der Waals surface area (Å²) in [4.78, 5) is 2.29. The summed E-state index contributed by atoms with van der Waals surface area (Å²) in [5.74, 6) is 0. The lowest BCUT2D eigenvalue weighted by Gasteiger charge is -2.22. The molecule has 0 saturated heterocycles. The van der Waals surface area contributed by atoms with Gasteiger partial charge >= 0.3 is 0 Å². The summed E-state index contributed by atoms with van der Waals surface area (Å²) in [5.41, 5.74) is 8.08. The molecule has 0 aromatic heterocycles. The minimum absolute atomic E-state index is 0.626. The fraction of sp³-hybridized carbons (Fsp3) is 0.250. The molecule has 0 saturated carbocycles. The van der Waals surface area contributed by atoms with Gasteiger partial charge in [0.25, 0.3) is 0 Å². The first kappa shape index (κ1) is 15.3. The second-order valence-electron chi connectivity index (χ2n) is 4.76. The molecule has 20 heavy (non-hydrogen) atoms. The highest BCUT2D eigenvalue weighted by molar-refractivity contribution is 6.34. The number of nitrogens with two attached hydrogens (primary N) is 1. The van der Waals surface area contributed by atoms with Gasteiger partial charge in [-0.2, -0.15) is 0 Å². The van der Waals surface area contributed by atoms with Crippen LogP contribution in [0.2, 0.25) is 10.0 Å². The van der Waals surface area contributed by atoms with Gasteiger partial charge in [-0.1, -0.05) is 53.5 Å². The molecule has 2 rings (SSSR count). The van der Waals surface area contributed by atoms with E-state index in [0.29, 0.717) is 16.6 Å². The molecule has 2 aromatic rings. The molecule has 0 aliphatic rings. The van der Waals surface area contributed by atoms with E-state index in [9.17, 15) is 0 Å². The first-order valence-electron chi connectivity index (χ1n) is 6.58. The molecule has 106 valence electrons. The smallest absolute Gasteiger partial charge is 0.0424 e. The lowest BCUT2D eigenvalue weighted by molar-refractivity contribution is 0.264. The van der Waals surface area contributed by atoms with Crippen LogP contribution in [0, 0.1) is 0 Å². The van der Waals surface area contributed by atoms with Crippen molar-refractivity contribution >= 4 is 23.2 Å². The van der Waals surface area contributed by atoms with Gasteiger partial charge in [0.05, 0.1) is 0 Å². The summed E-state index contributed by atoms with van der Waals surface area (Å²) in [6, 6.07) is 16.0. The Bertz CT molecular complexity index is 523. The summed E-state index contributed by atoms with van der Waals surface area (Å²) in [7, 11) is 0. The Morgan fingerprint density at radius 2 is 1.45 bits per heavy atom. The van der Waals surface area contributed by atoms with Crippen molar-refractivity contribution in [1.29, 1.82) is 0 Å². The predicted octanol–water partition coefficient (Wildman–Crippen LogP) is 3.95. The van der Waals surface area contributed by atoms with E-state index in [4.69, 9.17) is 28.9 Å². The van der Waals surface area contributed by atoms with E-state index in [1.165, 1.54) is 5.56 Å². The van der Waals surface area contributed by atoms with Crippen LogP contribution in [0.3, 0.4) is 0 Å². The van der Waals surface area contributed by atoms with Crippen LogP contribution in [0.5, 0.6) is 0 Å². The standard InChI is InChI=1S/C16H18Cl2N2/c17-15-8-14(9-16(18)10-15)12-20(7-6-19)11-13-4-2-1-3-5-13/h1-5,8-10H,6-7,11-12,19H2. The first-order chi connectivity index (χ1) is 9.67. The molecule has 0 bridgehead atoms. The maximum atomic E-state index is 6.04. The number of halogens is 2. The maximum Gasteiger partial charge on any atom is 0.0424 e. The normalized spacial score (nSPS) is 11.0. The van der Waals surface area contributed by atoms with Crippen molar-refractivity contribution in [2.75, 3.05) is 13.1 Å². The highest BCUT2D eigenvalue weighted by atomic mass is 35.5. The molecule has 2 N–H and O–H groups in total. The Labute approximate surface area is 130 Å². The Morgan fingerprint density at radius 1 is 0.850 bits per heavy atom. The minimum atomic E-state index is 0.626. The van der Waals surface area contributed by atoms with Crippen LogP contribution in [-0.2, 0) is 13.1 Å². The van der Waals surface area contributed by atoms with Gasteiger partial charge in [-0.05, 0) is 29.3 Å². The molecule has 2 aromatic carbocycles. The van der Waals surface area contributed by atoms with Gasteiger partial charge in [-0.3, -0.25) is 4.90 Å². The van der Waals surface area contributed by atoms with Gasteiger partial charge in [0.15, 0.2) is 0 Å². The van der Waals surface area contributed by atoms with Crippen LogP contribution in [0.25, 0.3) is 0 Å². The van der Waals surface area contributed by atoms with Crippen LogP contribution < -0.4 is 5.73 Å². The Balaban J connectivity index is 2.08. The molecule has 0 heterocycles. The molecule has 4 heteroatoms. The van der Waals surface area contributed by atoms with Crippen molar-refractivity contribution in [1.82, 2.24) is 4.90 Å². The van der Waals surface area contributed by atoms with Crippen molar-refractivity contribution in [2.24, 2.45) is 5.73 Å². The van der Waals surface area contributed by atoms with E-state index in [0.717, 1.165) is 25.2 Å². The Morgan fingerprint density at radius 3 is 2.05 bits per heavy atom. The van der Waals surface area contributed by atoms with Gasteiger partial charge in [0, 0.05) is 36.2 Å². The largest absolute Gasteiger partial charge is 0.329 e. The SMILES string of the molecule is NCCN(Cc1ccccc1)Cc1cc(Cl)cc(Cl)c1. The van der Waals surface area contributed by atoms with E-state index < -0.39 is 0 Å². The molecular weight excluding hydrogens is 291 g/mol. The quantitative estimate of drug-likeness (QED) is 0.875. The molecule has 0 atom stereocenters. The summed E-state index contributed by atoms with van der Waals surface area (Å²) < 4.78 is 0. The van der Waals surface area contributed by atoms with Gasteiger partial charge in [0.1, 0.15) is 0 Å². The second-order valence-corrected chi connectivity index (χ2v) is 5.64. The molecule has 0 amide bonds. The topological polar surface area (TPSA) is 29.3 Å². The van der Waals surface area contributed by atoms with E-state index >= 15 is 0 Å². The minimum Gasteiger partial charge on any atom is -0.329 e. The van der Waals surface area contributed by atoms with Gasteiger partial charge in [-0.25, -0.2) is 0 Å². The van der Waals surface area contributed by atoms with Crippen LogP contribution >= 0.6 is 23.2 Å². The number of hydrogen-bond donors (Lipinski definition) is 1. The molecule has 0 unspecified atom stereocenters. The monoisotopic (exact) mass is 308 g/mol. The predicted molar refractivity (Wildman–Crippen MR) is 86.1 cm³/mol. The molecule has 0 spiro atoms. The van der Waals surface area contributed by atoms with Crippen LogP contribution in [-0.4, -0.2) is 18.0 Å². The van der Waals surface area contributed by atoms with Gasteiger partial charge in [0.2, 0.25) is 0 Å². The van der Waals surface area contributed by atoms with Crippen LogP contribution in [0.4, 0.5) is 0 Å².